The highest BCUT2D eigenvalue weighted by Crippen LogP contribution is 1.76. The smallest absolute Gasteiger partial charge is 0.164 e. The monoisotopic (exact) mass is 151 g/mol. The van der Waals surface area contributed by atoms with E-state index in [2.05, 4.69) is 5.32 Å². The fraction of sp³-hybridized carbons (Fsp3) is 1.00. The molecule has 0 bridgehead atoms. The van der Waals surface area contributed by atoms with Crippen LogP contribution in [0.15, 0.2) is 0 Å². The minimum absolute atomic E-state index is 0.00292. The van der Waals surface area contributed by atoms with Gasteiger partial charge in [-0.15, -0.1) is 0 Å². The lowest BCUT2D eigenvalue weighted by Gasteiger charge is -2.08. The van der Waals surface area contributed by atoms with Crippen molar-refractivity contribution in [2.75, 3.05) is 19.7 Å². The molecule has 0 saturated carbocycles. The molecule has 0 spiro atoms. The van der Waals surface area contributed by atoms with Crippen LogP contribution in [0, 0.1) is 0 Å². The van der Waals surface area contributed by atoms with E-state index >= 15 is 0 Å². The third-order valence-electron chi connectivity index (χ3n) is 0.918. The zero-order valence-electron chi connectivity index (χ0n) is 5.56. The summed E-state index contributed by atoms with van der Waals surface area (Å²) in [6.45, 7) is -0.167. The maximum Gasteiger partial charge on any atom is 0.164 e. The highest BCUT2D eigenvalue weighted by atomic mass is 16.5. The average molecular weight is 151 g/mol. The first kappa shape index (κ1) is 9.80. The van der Waals surface area contributed by atoms with E-state index in [0.717, 1.165) is 0 Å². The van der Waals surface area contributed by atoms with Gasteiger partial charge in [0.2, 0.25) is 0 Å². The molecule has 5 heteroatoms. The van der Waals surface area contributed by atoms with Gasteiger partial charge in [0, 0.05) is 13.1 Å². The molecule has 0 aliphatic rings. The van der Waals surface area contributed by atoms with Crippen LogP contribution in [0.4, 0.5) is 0 Å². The molecule has 0 radical (unpaired) electrons. The van der Waals surface area contributed by atoms with E-state index < -0.39 is 12.4 Å². The van der Waals surface area contributed by atoms with Gasteiger partial charge < -0.3 is 25.7 Å². The minimum Gasteiger partial charge on any atom is -0.394 e. The van der Waals surface area contributed by atoms with Gasteiger partial charge in [-0.05, 0) is 0 Å². The van der Waals surface area contributed by atoms with Crippen molar-refractivity contribution >= 4 is 0 Å². The number of aliphatic hydroxyl groups excluding tert-OH is 3. The van der Waals surface area contributed by atoms with E-state index in [1.807, 2.05) is 0 Å². The van der Waals surface area contributed by atoms with Gasteiger partial charge in [0.05, 0.1) is 12.7 Å². The molecule has 0 aromatic carbocycles. The molecule has 0 fully saturated rings. The summed E-state index contributed by atoms with van der Waals surface area (Å²) in [7, 11) is 0. The van der Waals surface area contributed by atoms with Crippen molar-refractivity contribution in [3.8, 4) is 0 Å². The summed E-state index contributed by atoms with van der Waals surface area (Å²) in [5.74, 6) is 0. The topological polar surface area (TPSA) is 93.0 Å². The third kappa shape index (κ3) is 5.93. The van der Waals surface area contributed by atoms with Crippen LogP contribution in [0.5, 0.6) is 0 Å². The Kier molecular flexibility index (Phi) is 5.46. The molecule has 0 aliphatic heterocycles. The van der Waals surface area contributed by atoms with Crippen molar-refractivity contribution in [1.82, 2.24) is 5.32 Å². The van der Waals surface area contributed by atoms with Crippen LogP contribution in [-0.2, 0) is 0 Å². The molecular formula is C5H13NO4. The first-order chi connectivity index (χ1) is 4.66. The van der Waals surface area contributed by atoms with Crippen LogP contribution >= 0.6 is 0 Å². The zero-order valence-corrected chi connectivity index (χ0v) is 5.56. The Hall–Kier alpha value is -0.200. The molecule has 0 aromatic heterocycles. The lowest BCUT2D eigenvalue weighted by molar-refractivity contribution is -0.0391. The van der Waals surface area contributed by atoms with Crippen LogP contribution in [0.1, 0.15) is 0 Å². The van der Waals surface area contributed by atoms with Crippen LogP contribution in [0.25, 0.3) is 0 Å². The van der Waals surface area contributed by atoms with Crippen LogP contribution in [0.3, 0.4) is 0 Å². The summed E-state index contributed by atoms with van der Waals surface area (Å²) in [5.41, 5.74) is 0. The van der Waals surface area contributed by atoms with Gasteiger partial charge in [0.15, 0.2) is 6.29 Å². The van der Waals surface area contributed by atoms with E-state index in [1.165, 1.54) is 0 Å². The van der Waals surface area contributed by atoms with Gasteiger partial charge in [0.25, 0.3) is 0 Å². The van der Waals surface area contributed by atoms with Gasteiger partial charge in [-0.2, -0.15) is 0 Å². The van der Waals surface area contributed by atoms with Crippen molar-refractivity contribution in [2.24, 2.45) is 0 Å². The van der Waals surface area contributed by atoms with Crippen molar-refractivity contribution in [3.63, 3.8) is 0 Å². The Morgan fingerprint density at radius 3 is 2.10 bits per heavy atom. The first-order valence-corrected chi connectivity index (χ1v) is 3.02. The van der Waals surface area contributed by atoms with Gasteiger partial charge in [-0.1, -0.05) is 0 Å². The Bertz CT molecular complexity index is 78.0. The standard InChI is InChI=1S/C5H13NO4/c7-3-4(8)1-6-2-5(9)10/h4-10H,1-3H2. The molecule has 0 saturated heterocycles. The van der Waals surface area contributed by atoms with Crippen molar-refractivity contribution < 1.29 is 20.4 Å². The van der Waals surface area contributed by atoms with E-state index in [4.69, 9.17) is 20.4 Å². The summed E-state index contributed by atoms with van der Waals surface area (Å²) in [5, 5.41) is 36.1. The van der Waals surface area contributed by atoms with E-state index in [9.17, 15) is 0 Å². The largest absolute Gasteiger partial charge is 0.394 e. The fourth-order valence-electron chi connectivity index (χ4n) is 0.444. The highest BCUT2D eigenvalue weighted by molar-refractivity contribution is 4.56. The molecule has 10 heavy (non-hydrogen) atoms. The van der Waals surface area contributed by atoms with Gasteiger partial charge in [0.1, 0.15) is 0 Å². The molecule has 0 amide bonds. The Labute approximate surface area is 58.9 Å². The SMILES string of the molecule is OCC(O)CNCC(O)O. The molecule has 5 N–H and O–H groups in total. The lowest BCUT2D eigenvalue weighted by atomic mass is 10.4. The predicted molar refractivity (Wildman–Crippen MR) is 34.2 cm³/mol. The fourth-order valence-corrected chi connectivity index (χ4v) is 0.444. The molecule has 0 heterocycles. The Morgan fingerprint density at radius 1 is 1.10 bits per heavy atom. The third-order valence-corrected chi connectivity index (χ3v) is 0.918. The van der Waals surface area contributed by atoms with Crippen molar-refractivity contribution in [2.45, 2.75) is 12.4 Å². The number of hydrogen-bond acceptors (Lipinski definition) is 5. The molecule has 1 unspecified atom stereocenters. The molecule has 0 aromatic rings. The molecule has 0 aliphatic carbocycles. The summed E-state index contributed by atoms with van der Waals surface area (Å²) in [6, 6.07) is 0. The average Bonchev–Trinajstić information content (AvgIpc) is 1.87. The van der Waals surface area contributed by atoms with Crippen LogP contribution in [-0.4, -0.2) is 52.5 Å². The van der Waals surface area contributed by atoms with E-state index in [0.29, 0.717) is 0 Å². The summed E-state index contributed by atoms with van der Waals surface area (Å²) < 4.78 is 0. The summed E-state index contributed by atoms with van der Waals surface area (Å²) in [6.07, 6.45) is -2.25. The molecule has 1 atom stereocenters. The minimum atomic E-state index is -1.41. The number of rotatable bonds is 5. The van der Waals surface area contributed by atoms with Gasteiger partial charge >= 0.3 is 0 Å². The summed E-state index contributed by atoms with van der Waals surface area (Å²) >= 11 is 0. The molecule has 0 rings (SSSR count). The molecule has 62 valence electrons. The molecular weight excluding hydrogens is 138 g/mol. The predicted octanol–water partition coefficient (Wildman–Crippen LogP) is -2.76. The number of nitrogens with one attached hydrogen (secondary N) is 1. The normalized spacial score (nSPS) is 14.1. The zero-order chi connectivity index (χ0) is 7.98. The summed E-state index contributed by atoms with van der Waals surface area (Å²) in [4.78, 5) is 0. The first-order valence-electron chi connectivity index (χ1n) is 3.02. The molecule has 5 nitrogen and oxygen atoms in total. The number of aliphatic hydroxyl groups is 4. The van der Waals surface area contributed by atoms with Crippen molar-refractivity contribution in [1.29, 1.82) is 0 Å². The van der Waals surface area contributed by atoms with E-state index in [1.54, 1.807) is 0 Å². The quantitative estimate of drug-likeness (QED) is 0.274. The number of hydrogen-bond donors (Lipinski definition) is 5. The second kappa shape index (κ2) is 5.57. The maximum atomic E-state index is 8.70. The van der Waals surface area contributed by atoms with E-state index in [-0.39, 0.29) is 19.7 Å². The second-order valence-electron chi connectivity index (χ2n) is 1.98. The maximum absolute atomic E-state index is 8.70. The Balaban J connectivity index is 3.03. The van der Waals surface area contributed by atoms with Crippen LogP contribution < -0.4 is 5.32 Å². The van der Waals surface area contributed by atoms with Gasteiger partial charge in [-0.25, -0.2) is 0 Å². The lowest BCUT2D eigenvalue weighted by Crippen LogP contribution is -2.34. The highest BCUT2D eigenvalue weighted by Gasteiger charge is 2.01. The van der Waals surface area contributed by atoms with Crippen molar-refractivity contribution in [3.05, 3.63) is 0 Å². The van der Waals surface area contributed by atoms with Crippen LogP contribution in [0.2, 0.25) is 0 Å². The Morgan fingerprint density at radius 2 is 1.70 bits per heavy atom. The van der Waals surface area contributed by atoms with Gasteiger partial charge in [-0.3, -0.25) is 0 Å². The second-order valence-corrected chi connectivity index (χ2v) is 1.98.